The molecule has 1 aromatic carbocycles. The maximum absolute atomic E-state index is 5.15. The van der Waals surface area contributed by atoms with Crippen LogP contribution in [0.3, 0.4) is 0 Å². The zero-order valence-electron chi connectivity index (χ0n) is 12.9. The van der Waals surface area contributed by atoms with E-state index in [-0.39, 0.29) is 0 Å². The van der Waals surface area contributed by atoms with Crippen LogP contribution < -0.4 is 5.32 Å². The first-order chi connectivity index (χ1) is 10.6. The van der Waals surface area contributed by atoms with Crippen LogP contribution in [-0.4, -0.2) is 29.5 Å². The molecule has 0 saturated heterocycles. The lowest BCUT2D eigenvalue weighted by Crippen LogP contribution is -2.20. The topological polar surface area (TPSA) is 39.1 Å². The largest absolute Gasteiger partial charge is 0.385 e. The maximum atomic E-state index is 5.15. The number of hydrogen-bond donors (Lipinski definition) is 1. The second-order valence-electron chi connectivity index (χ2n) is 5.92. The number of nitrogens with one attached hydrogen (secondary N) is 1. The van der Waals surface area contributed by atoms with E-state index in [1.807, 2.05) is 0 Å². The van der Waals surface area contributed by atoms with Gasteiger partial charge in [0.05, 0.1) is 5.52 Å². The van der Waals surface area contributed by atoms with Gasteiger partial charge in [-0.05, 0) is 82.4 Å². The van der Waals surface area contributed by atoms with Crippen LogP contribution in [0.5, 0.6) is 0 Å². The molecule has 2 aromatic rings. The van der Waals surface area contributed by atoms with Crippen LogP contribution in [0.2, 0.25) is 0 Å². The Morgan fingerprint density at radius 3 is 2.95 bits per heavy atom. The summed E-state index contributed by atoms with van der Waals surface area (Å²) in [6.45, 7) is 3.88. The Balaban J connectivity index is 1.92. The van der Waals surface area contributed by atoms with Crippen molar-refractivity contribution in [3.05, 3.63) is 25.9 Å². The van der Waals surface area contributed by atoms with Crippen molar-refractivity contribution in [2.24, 2.45) is 0 Å². The molecular weight excluding hydrogens is 457 g/mol. The summed E-state index contributed by atoms with van der Waals surface area (Å²) in [5, 5.41) is 9.53. The fourth-order valence-electron chi connectivity index (χ4n) is 2.71. The highest BCUT2D eigenvalue weighted by molar-refractivity contribution is 14.1. The molecule has 1 saturated carbocycles. The van der Waals surface area contributed by atoms with Gasteiger partial charge in [0, 0.05) is 41.3 Å². The lowest BCUT2D eigenvalue weighted by Gasteiger charge is -2.15. The number of halogens is 2. The molecule has 3 rings (SSSR count). The van der Waals surface area contributed by atoms with Crippen molar-refractivity contribution in [1.29, 1.82) is 0 Å². The van der Waals surface area contributed by atoms with Crippen molar-refractivity contribution in [2.45, 2.75) is 44.8 Å². The molecule has 4 nitrogen and oxygen atoms in total. The standard InChI is InChI=1S/C16H21BrIN3O/c1-10(19-12-4-5-12)11-8-13(18)15-14(9-11)21(20-16(15)17)6-3-7-22-2/h8-10,12,19H,3-7H2,1-2H3/t10-/m1/s1. The molecule has 0 bridgehead atoms. The fourth-order valence-corrected chi connectivity index (χ4v) is 4.58. The minimum absolute atomic E-state index is 0.381. The first-order valence-electron chi connectivity index (χ1n) is 7.70. The zero-order valence-corrected chi connectivity index (χ0v) is 16.6. The Labute approximate surface area is 153 Å². The van der Waals surface area contributed by atoms with Crippen LogP contribution in [0.4, 0.5) is 0 Å². The first kappa shape index (κ1) is 16.7. The third-order valence-corrected chi connectivity index (χ3v) is 5.47. The number of aryl methyl sites for hydroxylation is 1. The smallest absolute Gasteiger partial charge is 0.137 e. The van der Waals surface area contributed by atoms with Gasteiger partial charge in [0.25, 0.3) is 0 Å². The van der Waals surface area contributed by atoms with E-state index in [0.29, 0.717) is 12.1 Å². The summed E-state index contributed by atoms with van der Waals surface area (Å²) in [5.41, 5.74) is 2.54. The van der Waals surface area contributed by atoms with E-state index in [1.54, 1.807) is 7.11 Å². The summed E-state index contributed by atoms with van der Waals surface area (Å²) in [6, 6.07) is 5.64. The van der Waals surface area contributed by atoms with Crippen LogP contribution in [0.25, 0.3) is 10.9 Å². The SMILES string of the molecule is COCCCn1nc(Br)c2c(I)cc([C@@H](C)NC3CC3)cc21. The molecule has 0 amide bonds. The predicted octanol–water partition coefficient (Wildman–Crippen LogP) is 4.25. The van der Waals surface area contributed by atoms with Crippen LogP contribution >= 0.6 is 38.5 Å². The Hall–Kier alpha value is -0.180. The first-order valence-corrected chi connectivity index (χ1v) is 9.57. The second-order valence-corrected chi connectivity index (χ2v) is 7.83. The van der Waals surface area contributed by atoms with Gasteiger partial charge in [0.15, 0.2) is 0 Å². The summed E-state index contributed by atoms with van der Waals surface area (Å²) >= 11 is 6.02. The maximum Gasteiger partial charge on any atom is 0.137 e. The highest BCUT2D eigenvalue weighted by atomic mass is 127. The molecule has 120 valence electrons. The third-order valence-electron chi connectivity index (χ3n) is 4.07. The van der Waals surface area contributed by atoms with Crippen molar-refractivity contribution in [2.75, 3.05) is 13.7 Å². The van der Waals surface area contributed by atoms with Crippen LogP contribution in [0.15, 0.2) is 16.7 Å². The molecule has 1 heterocycles. The van der Waals surface area contributed by atoms with Gasteiger partial charge in [-0.15, -0.1) is 0 Å². The quantitative estimate of drug-likeness (QED) is 0.478. The zero-order chi connectivity index (χ0) is 15.7. The van der Waals surface area contributed by atoms with Crippen LogP contribution in [0, 0.1) is 3.57 Å². The number of methoxy groups -OCH3 is 1. The fraction of sp³-hybridized carbons (Fsp3) is 0.562. The van der Waals surface area contributed by atoms with Gasteiger partial charge < -0.3 is 10.1 Å². The minimum Gasteiger partial charge on any atom is -0.385 e. The molecule has 1 N–H and O–H groups in total. The molecule has 0 spiro atoms. The van der Waals surface area contributed by atoms with E-state index in [1.165, 1.54) is 32.9 Å². The molecule has 1 aliphatic carbocycles. The highest BCUT2D eigenvalue weighted by Gasteiger charge is 2.24. The average Bonchev–Trinajstić information content (AvgIpc) is 3.23. The Morgan fingerprint density at radius 1 is 1.50 bits per heavy atom. The van der Waals surface area contributed by atoms with E-state index in [0.717, 1.165) is 24.2 Å². The van der Waals surface area contributed by atoms with Gasteiger partial charge in [-0.1, -0.05) is 0 Å². The molecule has 22 heavy (non-hydrogen) atoms. The lowest BCUT2D eigenvalue weighted by atomic mass is 10.1. The van der Waals surface area contributed by atoms with Gasteiger partial charge in [-0.2, -0.15) is 5.10 Å². The van der Waals surface area contributed by atoms with Crippen molar-refractivity contribution in [3.63, 3.8) is 0 Å². The van der Waals surface area contributed by atoms with E-state index >= 15 is 0 Å². The monoisotopic (exact) mass is 477 g/mol. The van der Waals surface area contributed by atoms with Crippen LogP contribution in [0.1, 0.15) is 37.8 Å². The van der Waals surface area contributed by atoms with Crippen molar-refractivity contribution in [3.8, 4) is 0 Å². The summed E-state index contributed by atoms with van der Waals surface area (Å²) in [4.78, 5) is 0. The number of nitrogens with zero attached hydrogens (tertiary/aromatic N) is 2. The molecule has 6 heteroatoms. The van der Waals surface area contributed by atoms with E-state index in [2.05, 4.69) is 72.7 Å². The summed E-state index contributed by atoms with van der Waals surface area (Å²) in [5.74, 6) is 0. The number of benzene rings is 1. The average molecular weight is 478 g/mol. The Bertz CT molecular complexity index is 669. The van der Waals surface area contributed by atoms with Gasteiger partial charge in [-0.3, -0.25) is 4.68 Å². The Kier molecular flexibility index (Phi) is 5.42. The molecular formula is C16H21BrIN3O. The molecule has 0 unspecified atom stereocenters. The van der Waals surface area contributed by atoms with E-state index in [4.69, 9.17) is 4.74 Å². The van der Waals surface area contributed by atoms with Crippen molar-refractivity contribution >= 4 is 49.4 Å². The molecule has 1 atom stereocenters. The van der Waals surface area contributed by atoms with Crippen molar-refractivity contribution in [1.82, 2.24) is 15.1 Å². The van der Waals surface area contributed by atoms with Crippen LogP contribution in [-0.2, 0) is 11.3 Å². The molecule has 0 radical (unpaired) electrons. The lowest BCUT2D eigenvalue weighted by molar-refractivity contribution is 0.189. The highest BCUT2D eigenvalue weighted by Crippen LogP contribution is 2.32. The van der Waals surface area contributed by atoms with Gasteiger partial charge in [0.1, 0.15) is 4.60 Å². The van der Waals surface area contributed by atoms with Crippen molar-refractivity contribution < 1.29 is 4.74 Å². The van der Waals surface area contributed by atoms with Gasteiger partial charge in [-0.25, -0.2) is 0 Å². The second kappa shape index (κ2) is 7.15. The van der Waals surface area contributed by atoms with E-state index < -0.39 is 0 Å². The number of hydrogen-bond acceptors (Lipinski definition) is 3. The number of ether oxygens (including phenoxy) is 1. The van der Waals surface area contributed by atoms with E-state index in [9.17, 15) is 0 Å². The molecule has 1 aliphatic rings. The third kappa shape index (κ3) is 3.66. The summed E-state index contributed by atoms with van der Waals surface area (Å²) in [6.07, 6.45) is 3.59. The predicted molar refractivity (Wildman–Crippen MR) is 101 cm³/mol. The number of fused-ring (bicyclic) bond motifs is 1. The normalized spacial score (nSPS) is 16.4. The van der Waals surface area contributed by atoms with Gasteiger partial charge in [0.2, 0.25) is 0 Å². The number of aromatic nitrogens is 2. The van der Waals surface area contributed by atoms with Gasteiger partial charge >= 0.3 is 0 Å². The summed E-state index contributed by atoms with van der Waals surface area (Å²) in [7, 11) is 1.74. The molecule has 0 aliphatic heterocycles. The Morgan fingerprint density at radius 2 is 2.27 bits per heavy atom. The minimum atomic E-state index is 0.381. The summed E-state index contributed by atoms with van der Waals surface area (Å²) < 4.78 is 9.42. The number of rotatable bonds is 7. The molecule has 1 fully saturated rings. The molecule has 1 aromatic heterocycles.